The Bertz CT molecular complexity index is 1060. The fourth-order valence-electron chi connectivity index (χ4n) is 5.06. The van der Waals surface area contributed by atoms with Gasteiger partial charge < -0.3 is 24.8 Å². The number of hydrogen-bond acceptors (Lipinski definition) is 5. The van der Waals surface area contributed by atoms with Crippen molar-refractivity contribution in [2.45, 2.75) is 43.2 Å². The first kappa shape index (κ1) is 22.4. The lowest BCUT2D eigenvalue weighted by Gasteiger charge is -2.34. The number of alkyl carbamates (subject to hydrolysis) is 1. The van der Waals surface area contributed by atoms with E-state index in [1.807, 2.05) is 24.3 Å². The number of benzene rings is 2. The number of carbonyl (C=O) groups is 3. The van der Waals surface area contributed by atoms with Crippen LogP contribution in [0, 0.1) is 0 Å². The van der Waals surface area contributed by atoms with Crippen LogP contribution in [-0.4, -0.2) is 65.9 Å². The maximum atomic E-state index is 13.1. The van der Waals surface area contributed by atoms with Crippen LogP contribution in [0.3, 0.4) is 0 Å². The van der Waals surface area contributed by atoms with Crippen molar-refractivity contribution in [3.05, 3.63) is 59.7 Å². The Hall–Kier alpha value is -3.39. The second-order valence-corrected chi connectivity index (χ2v) is 9.23. The lowest BCUT2D eigenvalue weighted by molar-refractivity contribution is -0.147. The molecule has 1 aliphatic heterocycles. The molecule has 0 bridgehead atoms. The SMILES string of the molecule is O=C(O)COC1CCN(C(=O)C2(NC(=O)OCC3c4ccccc4-c4ccccc43)CC2)CC1. The highest BCUT2D eigenvalue weighted by molar-refractivity contribution is 5.93. The number of nitrogens with zero attached hydrogens (tertiary/aromatic N) is 1. The standard InChI is InChI=1S/C26H28N2O6/c29-23(30)16-33-17-9-13-28(14-10-17)24(31)26(11-12-26)27-25(32)34-15-22-20-7-3-1-5-18(20)19-6-2-4-8-21(19)22/h1-8,17,22H,9-16H2,(H,27,32)(H,29,30). The van der Waals surface area contributed by atoms with Crippen molar-refractivity contribution in [2.24, 2.45) is 0 Å². The number of carboxylic acid groups (broad SMARTS) is 1. The fourth-order valence-corrected chi connectivity index (χ4v) is 5.06. The summed E-state index contributed by atoms with van der Waals surface area (Å²) < 4.78 is 11.0. The van der Waals surface area contributed by atoms with Gasteiger partial charge in [-0.2, -0.15) is 0 Å². The van der Waals surface area contributed by atoms with Gasteiger partial charge >= 0.3 is 12.1 Å². The summed E-state index contributed by atoms with van der Waals surface area (Å²) in [5, 5.41) is 11.6. The fraction of sp³-hybridized carbons (Fsp3) is 0.423. The number of rotatable bonds is 7. The number of fused-ring (bicyclic) bond motifs is 3. The molecule has 2 aliphatic carbocycles. The van der Waals surface area contributed by atoms with E-state index in [9.17, 15) is 14.4 Å². The first-order chi connectivity index (χ1) is 16.5. The lowest BCUT2D eigenvalue weighted by Crippen LogP contribution is -2.53. The first-order valence-electron chi connectivity index (χ1n) is 11.7. The van der Waals surface area contributed by atoms with Gasteiger partial charge in [0.15, 0.2) is 0 Å². The molecule has 0 unspecified atom stereocenters. The van der Waals surface area contributed by atoms with Crippen molar-refractivity contribution in [3.63, 3.8) is 0 Å². The molecule has 2 amide bonds. The molecule has 0 atom stereocenters. The second-order valence-electron chi connectivity index (χ2n) is 9.23. The topological polar surface area (TPSA) is 105 Å². The molecule has 178 valence electrons. The number of nitrogens with one attached hydrogen (secondary N) is 1. The third kappa shape index (κ3) is 4.37. The van der Waals surface area contributed by atoms with Crippen LogP contribution in [0.5, 0.6) is 0 Å². The third-order valence-electron chi connectivity index (χ3n) is 7.02. The summed E-state index contributed by atoms with van der Waals surface area (Å²) in [6.45, 7) is 0.844. The van der Waals surface area contributed by atoms with Gasteiger partial charge in [-0.05, 0) is 47.9 Å². The number of carbonyl (C=O) groups excluding carboxylic acids is 2. The molecule has 1 saturated carbocycles. The molecule has 1 heterocycles. The highest BCUT2D eigenvalue weighted by Crippen LogP contribution is 2.44. The van der Waals surface area contributed by atoms with E-state index in [0.717, 1.165) is 22.3 Å². The Labute approximate surface area is 197 Å². The van der Waals surface area contributed by atoms with Gasteiger partial charge in [0, 0.05) is 19.0 Å². The van der Waals surface area contributed by atoms with Crippen LogP contribution in [0.2, 0.25) is 0 Å². The Morgan fingerprint density at radius 1 is 0.971 bits per heavy atom. The monoisotopic (exact) mass is 464 g/mol. The lowest BCUT2D eigenvalue weighted by atomic mass is 9.98. The van der Waals surface area contributed by atoms with Gasteiger partial charge in [-0.3, -0.25) is 4.79 Å². The summed E-state index contributed by atoms with van der Waals surface area (Å²) in [6.07, 6.45) is 1.61. The van der Waals surface area contributed by atoms with Crippen LogP contribution in [0.1, 0.15) is 42.7 Å². The molecular formula is C26H28N2O6. The van der Waals surface area contributed by atoms with Gasteiger partial charge in [-0.15, -0.1) is 0 Å². The van der Waals surface area contributed by atoms with Gasteiger partial charge in [0.2, 0.25) is 5.91 Å². The number of hydrogen-bond donors (Lipinski definition) is 2. The Morgan fingerprint density at radius 3 is 2.12 bits per heavy atom. The molecule has 0 aromatic heterocycles. The van der Waals surface area contributed by atoms with Crippen molar-refractivity contribution < 1.29 is 29.0 Å². The van der Waals surface area contributed by atoms with Gasteiger partial charge in [0.25, 0.3) is 0 Å². The minimum atomic E-state index is -0.997. The average Bonchev–Trinajstić information content (AvgIpc) is 3.56. The minimum absolute atomic E-state index is 0.0335. The molecular weight excluding hydrogens is 436 g/mol. The molecule has 2 N–H and O–H groups in total. The normalized spacial score (nSPS) is 18.6. The predicted octanol–water partition coefficient (Wildman–Crippen LogP) is 3.15. The van der Waals surface area contributed by atoms with Crippen molar-refractivity contribution in [1.29, 1.82) is 0 Å². The first-order valence-corrected chi connectivity index (χ1v) is 11.7. The highest BCUT2D eigenvalue weighted by Gasteiger charge is 2.53. The number of aliphatic carboxylic acids is 1. The van der Waals surface area contributed by atoms with Gasteiger partial charge in [0.05, 0.1) is 6.10 Å². The largest absolute Gasteiger partial charge is 0.480 e. The van der Waals surface area contributed by atoms with Gasteiger partial charge in [0.1, 0.15) is 18.8 Å². The smallest absolute Gasteiger partial charge is 0.408 e. The molecule has 5 rings (SSSR count). The van der Waals surface area contributed by atoms with E-state index < -0.39 is 17.6 Å². The summed E-state index contributed by atoms with van der Waals surface area (Å²) in [5.74, 6) is -1.13. The van der Waals surface area contributed by atoms with Crippen molar-refractivity contribution >= 4 is 18.0 Å². The Kier molecular flexibility index (Phi) is 6.00. The number of carboxylic acids is 1. The molecule has 3 aliphatic rings. The Balaban J connectivity index is 1.16. The zero-order chi connectivity index (χ0) is 23.7. The molecule has 8 heteroatoms. The third-order valence-corrected chi connectivity index (χ3v) is 7.02. The van der Waals surface area contributed by atoms with Gasteiger partial charge in [-0.1, -0.05) is 48.5 Å². The highest BCUT2D eigenvalue weighted by atomic mass is 16.5. The van der Waals surface area contributed by atoms with Crippen LogP contribution < -0.4 is 5.32 Å². The maximum Gasteiger partial charge on any atom is 0.408 e. The second kappa shape index (κ2) is 9.10. The number of amides is 2. The van der Waals surface area contributed by atoms with E-state index in [1.54, 1.807) is 4.90 Å². The van der Waals surface area contributed by atoms with E-state index >= 15 is 0 Å². The van der Waals surface area contributed by atoms with E-state index in [1.165, 1.54) is 0 Å². The molecule has 2 fully saturated rings. The van der Waals surface area contributed by atoms with E-state index in [2.05, 4.69) is 29.6 Å². The van der Waals surface area contributed by atoms with Crippen LogP contribution in [0.25, 0.3) is 11.1 Å². The quantitative estimate of drug-likeness (QED) is 0.652. The van der Waals surface area contributed by atoms with Crippen molar-refractivity contribution in [3.8, 4) is 11.1 Å². The maximum absolute atomic E-state index is 13.1. The van der Waals surface area contributed by atoms with Crippen LogP contribution in [0.15, 0.2) is 48.5 Å². The predicted molar refractivity (Wildman–Crippen MR) is 123 cm³/mol. The zero-order valence-corrected chi connectivity index (χ0v) is 18.9. The summed E-state index contributed by atoms with van der Waals surface area (Å²) in [4.78, 5) is 38.2. The average molecular weight is 465 g/mol. The molecule has 1 saturated heterocycles. The van der Waals surface area contributed by atoms with E-state index in [4.69, 9.17) is 14.6 Å². The molecule has 34 heavy (non-hydrogen) atoms. The molecule has 2 aromatic carbocycles. The van der Waals surface area contributed by atoms with Crippen LogP contribution in [-0.2, 0) is 19.1 Å². The van der Waals surface area contributed by atoms with Crippen molar-refractivity contribution in [1.82, 2.24) is 10.2 Å². The van der Waals surface area contributed by atoms with Gasteiger partial charge in [-0.25, -0.2) is 9.59 Å². The molecule has 8 nitrogen and oxygen atoms in total. The number of piperidine rings is 1. The van der Waals surface area contributed by atoms with Crippen molar-refractivity contribution in [2.75, 3.05) is 26.3 Å². The van der Waals surface area contributed by atoms with Crippen LogP contribution in [0.4, 0.5) is 4.79 Å². The van der Waals surface area contributed by atoms with Crippen LogP contribution >= 0.6 is 0 Å². The summed E-state index contributed by atoms with van der Waals surface area (Å²) in [7, 11) is 0. The summed E-state index contributed by atoms with van der Waals surface area (Å²) >= 11 is 0. The molecule has 0 spiro atoms. The summed E-state index contributed by atoms with van der Waals surface area (Å²) in [5.41, 5.74) is 3.72. The number of likely N-dealkylation sites (tertiary alicyclic amines) is 1. The van der Waals surface area contributed by atoms with E-state index in [0.29, 0.717) is 38.8 Å². The number of ether oxygens (including phenoxy) is 2. The Morgan fingerprint density at radius 2 is 1.56 bits per heavy atom. The zero-order valence-electron chi connectivity index (χ0n) is 18.9. The molecule has 0 radical (unpaired) electrons. The minimum Gasteiger partial charge on any atom is -0.480 e. The molecule has 2 aromatic rings. The van der Waals surface area contributed by atoms with E-state index in [-0.39, 0.29) is 31.1 Å². The summed E-state index contributed by atoms with van der Waals surface area (Å²) in [6, 6.07) is 16.3.